The Bertz CT molecular complexity index is 988. The van der Waals surface area contributed by atoms with Gasteiger partial charge in [-0.15, -0.1) is 0 Å². The number of fused-ring (bicyclic) bond motifs is 1. The summed E-state index contributed by atoms with van der Waals surface area (Å²) in [5.41, 5.74) is 3.55. The lowest BCUT2D eigenvalue weighted by Gasteiger charge is -2.32. The van der Waals surface area contributed by atoms with Gasteiger partial charge in [0.2, 0.25) is 0 Å². The Hall–Kier alpha value is -2.66. The number of carbonyl (C=O) groups excluding carboxylic acids is 1. The fourth-order valence-corrected chi connectivity index (χ4v) is 4.30. The first-order valence-corrected chi connectivity index (χ1v) is 11.5. The van der Waals surface area contributed by atoms with Crippen molar-refractivity contribution < 1.29 is 9.21 Å². The molecule has 1 N–H and O–H groups in total. The predicted octanol–water partition coefficient (Wildman–Crippen LogP) is 5.03. The molecule has 0 spiro atoms. The van der Waals surface area contributed by atoms with E-state index in [-0.39, 0.29) is 11.8 Å². The molecule has 1 aliphatic rings. The lowest BCUT2D eigenvalue weighted by Crippen LogP contribution is -2.36. The number of hydrogen-bond donors (Lipinski definition) is 1. The number of piperidine rings is 1. The minimum Gasteiger partial charge on any atom is -0.440 e. The number of nitrogens with one attached hydrogen (secondary N) is 1. The Morgan fingerprint density at radius 3 is 2.68 bits per heavy atom. The fraction of sp³-hybridized carbons (Fsp3) is 0.462. The van der Waals surface area contributed by atoms with Crippen LogP contribution in [0.4, 0.5) is 0 Å². The van der Waals surface area contributed by atoms with E-state index in [4.69, 9.17) is 4.42 Å². The van der Waals surface area contributed by atoms with E-state index in [0.29, 0.717) is 23.6 Å². The summed E-state index contributed by atoms with van der Waals surface area (Å²) >= 11 is 0. The van der Waals surface area contributed by atoms with Crippen LogP contribution in [0.25, 0.3) is 11.1 Å². The number of oxazole rings is 1. The highest BCUT2D eigenvalue weighted by Gasteiger charge is 2.19. The minimum absolute atomic E-state index is 0.0500. The molecule has 164 valence electrons. The van der Waals surface area contributed by atoms with Crippen molar-refractivity contribution in [3.05, 3.63) is 65.5 Å². The molecule has 0 atom stereocenters. The van der Waals surface area contributed by atoms with Crippen LogP contribution in [0.15, 0.2) is 52.9 Å². The van der Waals surface area contributed by atoms with Gasteiger partial charge in [0, 0.05) is 18.0 Å². The number of nitrogens with zero attached hydrogens (tertiary/aromatic N) is 2. The van der Waals surface area contributed by atoms with Crippen LogP contribution in [-0.2, 0) is 6.42 Å². The number of carbonyl (C=O) groups is 1. The standard InChI is InChI=1S/C26H33N3O2/c1-19(2)26-28-23-10-9-22(18-24(23)31-26)25(30)27-13-6-14-29-15-11-21(12-16-29)17-20-7-4-3-5-8-20/h3-5,7-10,18-19,21H,6,11-17H2,1-2H3,(H,27,30). The molecule has 1 amide bonds. The van der Waals surface area contributed by atoms with Gasteiger partial charge in [0.1, 0.15) is 5.52 Å². The average Bonchev–Trinajstić information content (AvgIpc) is 3.22. The number of benzene rings is 2. The molecule has 5 nitrogen and oxygen atoms in total. The van der Waals surface area contributed by atoms with E-state index in [0.717, 1.165) is 37.5 Å². The lowest BCUT2D eigenvalue weighted by atomic mass is 9.90. The fourth-order valence-electron chi connectivity index (χ4n) is 4.30. The van der Waals surface area contributed by atoms with Crippen LogP contribution in [0.3, 0.4) is 0 Å². The summed E-state index contributed by atoms with van der Waals surface area (Å²) in [4.78, 5) is 19.5. The quantitative estimate of drug-likeness (QED) is 0.521. The van der Waals surface area contributed by atoms with Gasteiger partial charge in [0.15, 0.2) is 11.5 Å². The van der Waals surface area contributed by atoms with Crippen LogP contribution in [0, 0.1) is 5.92 Å². The zero-order valence-corrected chi connectivity index (χ0v) is 18.6. The molecule has 2 aromatic carbocycles. The van der Waals surface area contributed by atoms with E-state index >= 15 is 0 Å². The normalized spacial score (nSPS) is 15.6. The second-order valence-corrected chi connectivity index (χ2v) is 8.97. The summed E-state index contributed by atoms with van der Waals surface area (Å²) in [7, 11) is 0. The molecule has 0 aliphatic carbocycles. The second kappa shape index (κ2) is 10.1. The second-order valence-electron chi connectivity index (χ2n) is 8.97. The van der Waals surface area contributed by atoms with Gasteiger partial charge < -0.3 is 14.6 Å². The Balaban J connectivity index is 1.17. The molecule has 0 radical (unpaired) electrons. The van der Waals surface area contributed by atoms with Gasteiger partial charge in [0.05, 0.1) is 0 Å². The van der Waals surface area contributed by atoms with E-state index in [1.165, 1.54) is 24.8 Å². The average molecular weight is 420 g/mol. The van der Waals surface area contributed by atoms with Crippen LogP contribution >= 0.6 is 0 Å². The summed E-state index contributed by atoms with van der Waals surface area (Å²) < 4.78 is 5.77. The lowest BCUT2D eigenvalue weighted by molar-refractivity contribution is 0.0950. The highest BCUT2D eigenvalue weighted by molar-refractivity contribution is 5.97. The van der Waals surface area contributed by atoms with Crippen molar-refractivity contribution >= 4 is 17.0 Å². The van der Waals surface area contributed by atoms with Gasteiger partial charge >= 0.3 is 0 Å². The van der Waals surface area contributed by atoms with E-state index in [1.807, 2.05) is 26.0 Å². The number of rotatable bonds is 8. The monoisotopic (exact) mass is 419 g/mol. The van der Waals surface area contributed by atoms with Crippen molar-refractivity contribution in [1.82, 2.24) is 15.2 Å². The van der Waals surface area contributed by atoms with E-state index in [9.17, 15) is 4.79 Å². The molecule has 0 unspecified atom stereocenters. The smallest absolute Gasteiger partial charge is 0.251 e. The molecule has 1 saturated heterocycles. The number of aromatic nitrogens is 1. The van der Waals surface area contributed by atoms with Crippen LogP contribution in [0.1, 0.15) is 60.8 Å². The highest BCUT2D eigenvalue weighted by atomic mass is 16.3. The first kappa shape index (κ1) is 21.6. The van der Waals surface area contributed by atoms with Crippen molar-refractivity contribution in [3.63, 3.8) is 0 Å². The summed E-state index contributed by atoms with van der Waals surface area (Å²) in [6, 6.07) is 16.3. The summed E-state index contributed by atoms with van der Waals surface area (Å²) in [6.07, 6.45) is 4.68. The summed E-state index contributed by atoms with van der Waals surface area (Å²) in [5.74, 6) is 1.68. The van der Waals surface area contributed by atoms with Crippen molar-refractivity contribution in [2.75, 3.05) is 26.2 Å². The van der Waals surface area contributed by atoms with Crippen LogP contribution in [0.2, 0.25) is 0 Å². The third kappa shape index (κ3) is 5.73. The third-order valence-electron chi connectivity index (χ3n) is 6.17. The molecule has 0 bridgehead atoms. The third-order valence-corrected chi connectivity index (χ3v) is 6.17. The summed E-state index contributed by atoms with van der Waals surface area (Å²) in [6.45, 7) is 8.14. The molecule has 31 heavy (non-hydrogen) atoms. The molecular weight excluding hydrogens is 386 g/mol. The Morgan fingerprint density at radius 1 is 1.16 bits per heavy atom. The predicted molar refractivity (Wildman–Crippen MR) is 124 cm³/mol. The van der Waals surface area contributed by atoms with Crippen LogP contribution < -0.4 is 5.32 Å². The Labute approximate surface area is 184 Å². The largest absolute Gasteiger partial charge is 0.440 e. The molecule has 2 heterocycles. The van der Waals surface area contributed by atoms with Gasteiger partial charge in [-0.3, -0.25) is 4.79 Å². The molecule has 1 aliphatic heterocycles. The van der Waals surface area contributed by atoms with Gasteiger partial charge in [-0.05, 0) is 75.0 Å². The maximum atomic E-state index is 12.5. The maximum Gasteiger partial charge on any atom is 0.251 e. The van der Waals surface area contributed by atoms with Crippen molar-refractivity contribution in [3.8, 4) is 0 Å². The molecule has 5 heteroatoms. The molecule has 4 rings (SSSR count). The Kier molecular flexibility index (Phi) is 7.03. The van der Waals surface area contributed by atoms with E-state index < -0.39 is 0 Å². The van der Waals surface area contributed by atoms with E-state index in [2.05, 4.69) is 45.5 Å². The van der Waals surface area contributed by atoms with Gasteiger partial charge in [-0.1, -0.05) is 44.2 Å². The van der Waals surface area contributed by atoms with Crippen LogP contribution in [-0.4, -0.2) is 42.0 Å². The molecule has 3 aromatic rings. The van der Waals surface area contributed by atoms with E-state index in [1.54, 1.807) is 6.07 Å². The zero-order valence-electron chi connectivity index (χ0n) is 18.6. The minimum atomic E-state index is -0.0500. The highest BCUT2D eigenvalue weighted by Crippen LogP contribution is 2.23. The zero-order chi connectivity index (χ0) is 21.6. The number of amides is 1. The Morgan fingerprint density at radius 2 is 1.94 bits per heavy atom. The number of likely N-dealkylation sites (tertiary alicyclic amines) is 1. The van der Waals surface area contributed by atoms with Crippen molar-refractivity contribution in [2.24, 2.45) is 5.92 Å². The van der Waals surface area contributed by atoms with Crippen molar-refractivity contribution in [2.45, 2.75) is 45.4 Å². The molecule has 1 fully saturated rings. The van der Waals surface area contributed by atoms with Gasteiger partial charge in [-0.25, -0.2) is 4.98 Å². The first-order valence-electron chi connectivity index (χ1n) is 11.5. The maximum absolute atomic E-state index is 12.5. The van der Waals surface area contributed by atoms with Crippen LogP contribution in [0.5, 0.6) is 0 Å². The van der Waals surface area contributed by atoms with Crippen molar-refractivity contribution in [1.29, 1.82) is 0 Å². The first-order chi connectivity index (χ1) is 15.1. The molecular formula is C26H33N3O2. The topological polar surface area (TPSA) is 58.4 Å². The summed E-state index contributed by atoms with van der Waals surface area (Å²) in [5, 5.41) is 3.05. The van der Waals surface area contributed by atoms with Gasteiger partial charge in [-0.2, -0.15) is 0 Å². The SMILES string of the molecule is CC(C)c1nc2ccc(C(=O)NCCCN3CCC(Cc4ccccc4)CC3)cc2o1. The molecule has 1 aromatic heterocycles. The van der Waals surface area contributed by atoms with Gasteiger partial charge in [0.25, 0.3) is 5.91 Å². The number of hydrogen-bond acceptors (Lipinski definition) is 4. The molecule has 0 saturated carbocycles.